The smallest absolute Gasteiger partial charge is 0.227 e. The summed E-state index contributed by atoms with van der Waals surface area (Å²) < 4.78 is 13.8. The van der Waals surface area contributed by atoms with Gasteiger partial charge in [-0.2, -0.15) is 0 Å². The third-order valence-corrected chi connectivity index (χ3v) is 6.76. The molecular formula is C28H29Cl2N3O3. The molecule has 3 aromatic carbocycles. The molecule has 0 bridgehead atoms. The van der Waals surface area contributed by atoms with E-state index in [1.54, 1.807) is 30.2 Å². The molecule has 1 fully saturated rings. The highest BCUT2D eigenvalue weighted by molar-refractivity contribution is 6.31. The quantitative estimate of drug-likeness (QED) is 0.282. The van der Waals surface area contributed by atoms with Gasteiger partial charge >= 0.3 is 0 Å². The maximum absolute atomic E-state index is 13.1. The van der Waals surface area contributed by atoms with Gasteiger partial charge in [-0.3, -0.25) is 4.79 Å². The minimum Gasteiger partial charge on any atom is -0.495 e. The second kappa shape index (κ2) is 10.8. The molecule has 1 unspecified atom stereocenters. The van der Waals surface area contributed by atoms with Gasteiger partial charge < -0.3 is 18.9 Å². The number of anilines is 1. The van der Waals surface area contributed by atoms with Crippen molar-refractivity contribution in [3.63, 3.8) is 0 Å². The number of carbonyl (C=O) groups excluding carboxylic acids is 1. The monoisotopic (exact) mass is 525 g/mol. The van der Waals surface area contributed by atoms with Crippen molar-refractivity contribution in [3.8, 4) is 11.5 Å². The maximum atomic E-state index is 13.1. The summed E-state index contributed by atoms with van der Waals surface area (Å²) in [6, 6.07) is 19.6. The third-order valence-electron chi connectivity index (χ3n) is 6.52. The second-order valence-corrected chi connectivity index (χ2v) is 9.39. The predicted octanol–water partition coefficient (Wildman–Crippen LogP) is 6.34. The first-order chi connectivity index (χ1) is 16.9. The topological polar surface area (TPSA) is 56.6 Å². The first-order valence-corrected chi connectivity index (χ1v) is 12.1. The Morgan fingerprint density at radius 3 is 2.67 bits per heavy atom. The number of methoxy groups -OCH3 is 1. The number of carbonyl (C=O) groups is 1. The van der Waals surface area contributed by atoms with E-state index < -0.39 is 0 Å². The molecule has 1 aliphatic rings. The van der Waals surface area contributed by atoms with Gasteiger partial charge in [0.1, 0.15) is 23.9 Å². The van der Waals surface area contributed by atoms with Crippen LogP contribution in [0.2, 0.25) is 5.02 Å². The Morgan fingerprint density at radius 2 is 1.86 bits per heavy atom. The van der Waals surface area contributed by atoms with Gasteiger partial charge in [-0.25, -0.2) is 4.98 Å². The molecule has 0 radical (unpaired) electrons. The van der Waals surface area contributed by atoms with Gasteiger partial charge in [-0.15, -0.1) is 12.4 Å². The largest absolute Gasteiger partial charge is 0.495 e. The number of benzene rings is 3. The number of aryl methyl sites for hydroxylation is 2. The number of hydrogen-bond donors (Lipinski definition) is 0. The fraction of sp³-hybridized carbons (Fsp3) is 0.286. The number of para-hydroxylation sites is 2. The molecule has 6 nitrogen and oxygen atoms in total. The zero-order valence-corrected chi connectivity index (χ0v) is 22.1. The van der Waals surface area contributed by atoms with Gasteiger partial charge in [0.05, 0.1) is 30.4 Å². The molecule has 1 aromatic heterocycles. The van der Waals surface area contributed by atoms with Crippen LogP contribution in [0.15, 0.2) is 60.7 Å². The number of halogens is 2. The minimum absolute atomic E-state index is 0. The Morgan fingerprint density at radius 1 is 1.06 bits per heavy atom. The lowest BCUT2D eigenvalue weighted by atomic mass is 10.1. The lowest BCUT2D eigenvalue weighted by molar-refractivity contribution is -0.117. The third kappa shape index (κ3) is 5.01. The Hall–Kier alpha value is -3.22. The summed E-state index contributed by atoms with van der Waals surface area (Å²) in [6.45, 7) is 5.76. The van der Waals surface area contributed by atoms with Crippen molar-refractivity contribution in [2.75, 3.05) is 25.2 Å². The van der Waals surface area contributed by atoms with Crippen molar-refractivity contribution >= 4 is 46.6 Å². The number of amides is 1. The van der Waals surface area contributed by atoms with Crippen molar-refractivity contribution in [2.45, 2.75) is 32.7 Å². The summed E-state index contributed by atoms with van der Waals surface area (Å²) in [6.07, 6.45) is 0.372. The lowest BCUT2D eigenvalue weighted by Crippen LogP contribution is -2.25. The van der Waals surface area contributed by atoms with E-state index in [1.165, 1.54) is 5.56 Å². The molecule has 2 heterocycles. The standard InChI is InChI=1S/C28H28ClN3O3.ClH/c1-18-8-9-19(2)26(14-18)35-13-12-31-23-7-5-4-6-22(23)30-28(31)20-15-27(33)32(17-20)24-16-21(29)10-11-25(24)34-3;/h4-11,14,16,20H,12-13,15,17H2,1-3H3;1H. The highest BCUT2D eigenvalue weighted by Crippen LogP contribution is 2.38. The van der Waals surface area contributed by atoms with Gasteiger partial charge in [0.2, 0.25) is 5.91 Å². The van der Waals surface area contributed by atoms with E-state index in [9.17, 15) is 4.79 Å². The van der Waals surface area contributed by atoms with E-state index in [4.69, 9.17) is 26.1 Å². The number of fused-ring (bicyclic) bond motifs is 1. The summed E-state index contributed by atoms with van der Waals surface area (Å²) in [5, 5.41) is 0.563. The van der Waals surface area contributed by atoms with Gasteiger partial charge in [0, 0.05) is 23.9 Å². The molecule has 0 saturated carbocycles. The van der Waals surface area contributed by atoms with Crippen LogP contribution < -0.4 is 14.4 Å². The maximum Gasteiger partial charge on any atom is 0.227 e. The average Bonchev–Trinajstić information content (AvgIpc) is 3.41. The van der Waals surface area contributed by atoms with Crippen LogP contribution >= 0.6 is 24.0 Å². The normalized spacial score (nSPS) is 15.3. The first kappa shape index (κ1) is 25.9. The molecule has 188 valence electrons. The molecule has 8 heteroatoms. The number of rotatable bonds is 7. The Kier molecular flexibility index (Phi) is 7.76. The van der Waals surface area contributed by atoms with Crippen molar-refractivity contribution in [1.82, 2.24) is 9.55 Å². The molecule has 36 heavy (non-hydrogen) atoms. The fourth-order valence-corrected chi connectivity index (χ4v) is 4.90. The summed E-state index contributed by atoms with van der Waals surface area (Å²) in [4.78, 5) is 19.8. The summed E-state index contributed by atoms with van der Waals surface area (Å²) >= 11 is 6.24. The van der Waals surface area contributed by atoms with Gasteiger partial charge in [0.25, 0.3) is 0 Å². The van der Waals surface area contributed by atoms with E-state index in [-0.39, 0.29) is 24.2 Å². The van der Waals surface area contributed by atoms with E-state index in [1.807, 2.05) is 18.2 Å². The van der Waals surface area contributed by atoms with E-state index in [0.29, 0.717) is 42.6 Å². The average molecular weight is 526 g/mol. The molecule has 0 spiro atoms. The second-order valence-electron chi connectivity index (χ2n) is 8.95. The van der Waals surface area contributed by atoms with Gasteiger partial charge in [0.15, 0.2) is 0 Å². The van der Waals surface area contributed by atoms with Crippen molar-refractivity contribution < 1.29 is 14.3 Å². The van der Waals surface area contributed by atoms with Crippen molar-refractivity contribution in [2.24, 2.45) is 0 Å². The number of imidazole rings is 1. The van der Waals surface area contributed by atoms with Gasteiger partial charge in [-0.1, -0.05) is 35.9 Å². The zero-order chi connectivity index (χ0) is 24.5. The van der Waals surface area contributed by atoms with Crippen LogP contribution in [0.4, 0.5) is 5.69 Å². The van der Waals surface area contributed by atoms with Crippen LogP contribution in [0, 0.1) is 13.8 Å². The summed E-state index contributed by atoms with van der Waals surface area (Å²) in [7, 11) is 1.60. The number of hydrogen-bond acceptors (Lipinski definition) is 4. The van der Waals surface area contributed by atoms with Crippen LogP contribution in [0.1, 0.15) is 29.3 Å². The molecule has 4 aromatic rings. The van der Waals surface area contributed by atoms with E-state index in [0.717, 1.165) is 28.2 Å². The van der Waals surface area contributed by atoms with Crippen molar-refractivity contribution in [1.29, 1.82) is 0 Å². The Labute approximate surface area is 222 Å². The molecule has 1 aliphatic heterocycles. The van der Waals surface area contributed by atoms with E-state index in [2.05, 4.69) is 42.7 Å². The van der Waals surface area contributed by atoms with Crippen LogP contribution in [0.25, 0.3) is 11.0 Å². The van der Waals surface area contributed by atoms with Crippen LogP contribution in [-0.4, -0.2) is 35.7 Å². The number of nitrogens with zero attached hydrogens (tertiary/aromatic N) is 3. The first-order valence-electron chi connectivity index (χ1n) is 11.7. The number of ether oxygens (including phenoxy) is 2. The Balaban J connectivity index is 0.00000304. The summed E-state index contributed by atoms with van der Waals surface area (Å²) in [5.41, 5.74) is 4.92. The highest BCUT2D eigenvalue weighted by Gasteiger charge is 2.36. The van der Waals surface area contributed by atoms with Gasteiger partial charge in [-0.05, 0) is 61.4 Å². The predicted molar refractivity (Wildman–Crippen MR) is 146 cm³/mol. The van der Waals surface area contributed by atoms with E-state index >= 15 is 0 Å². The van der Waals surface area contributed by atoms with Crippen molar-refractivity contribution in [3.05, 3.63) is 82.6 Å². The minimum atomic E-state index is -0.0562. The van der Waals surface area contributed by atoms with Crippen LogP contribution in [-0.2, 0) is 11.3 Å². The zero-order valence-electron chi connectivity index (χ0n) is 20.5. The highest BCUT2D eigenvalue weighted by atomic mass is 35.5. The summed E-state index contributed by atoms with van der Waals surface area (Å²) in [5.74, 6) is 2.39. The Bertz CT molecular complexity index is 1400. The fourth-order valence-electron chi connectivity index (χ4n) is 4.74. The molecule has 5 rings (SSSR count). The molecular weight excluding hydrogens is 497 g/mol. The number of aromatic nitrogens is 2. The SMILES string of the molecule is COc1ccc(Cl)cc1N1CC(c2nc3ccccc3n2CCOc2cc(C)ccc2C)CC1=O.Cl. The lowest BCUT2D eigenvalue weighted by Gasteiger charge is -2.20. The van der Waals surface area contributed by atoms with Crippen LogP contribution in [0.5, 0.6) is 11.5 Å². The molecule has 1 amide bonds. The van der Waals surface area contributed by atoms with Crippen LogP contribution in [0.3, 0.4) is 0 Å². The molecule has 0 aliphatic carbocycles. The molecule has 1 atom stereocenters. The molecule has 1 saturated heterocycles. The molecule has 0 N–H and O–H groups in total.